The zero-order valence-corrected chi connectivity index (χ0v) is 10.8. The van der Waals surface area contributed by atoms with Crippen molar-refractivity contribution in [2.75, 3.05) is 11.9 Å². The molecule has 0 radical (unpaired) electrons. The molecule has 0 unspecified atom stereocenters. The predicted molar refractivity (Wildman–Crippen MR) is 75.8 cm³/mol. The van der Waals surface area contributed by atoms with Crippen LogP contribution in [0.3, 0.4) is 0 Å². The minimum atomic E-state index is 0.784. The van der Waals surface area contributed by atoms with E-state index in [4.69, 9.17) is 0 Å². The van der Waals surface area contributed by atoms with Crippen molar-refractivity contribution >= 4 is 5.95 Å². The number of benzene rings is 1. The second kappa shape index (κ2) is 6.05. The van der Waals surface area contributed by atoms with E-state index in [9.17, 15) is 0 Å². The molecule has 1 N–H and O–H groups in total. The Morgan fingerprint density at radius 1 is 1.39 bits per heavy atom. The number of nitrogens with zero attached hydrogens (tertiary/aromatic N) is 2. The molecule has 0 fully saturated rings. The van der Waals surface area contributed by atoms with Crippen LogP contribution >= 0.6 is 0 Å². The van der Waals surface area contributed by atoms with Gasteiger partial charge in [0.2, 0.25) is 5.95 Å². The summed E-state index contributed by atoms with van der Waals surface area (Å²) >= 11 is 0. The van der Waals surface area contributed by atoms with Gasteiger partial charge in [0.25, 0.3) is 0 Å². The van der Waals surface area contributed by atoms with Crippen molar-refractivity contribution in [2.24, 2.45) is 0 Å². The van der Waals surface area contributed by atoms with Crippen LogP contribution in [0.5, 0.6) is 0 Å². The Hall–Kier alpha value is -2.03. The molecule has 0 aliphatic heterocycles. The first-order valence-corrected chi connectivity index (χ1v) is 6.21. The van der Waals surface area contributed by atoms with Crippen molar-refractivity contribution < 1.29 is 0 Å². The zero-order valence-electron chi connectivity index (χ0n) is 10.8. The van der Waals surface area contributed by atoms with Gasteiger partial charge in [0.1, 0.15) is 0 Å². The average Bonchev–Trinajstić information content (AvgIpc) is 2.80. The number of rotatable bonds is 6. The molecule has 3 nitrogen and oxygen atoms in total. The highest BCUT2D eigenvalue weighted by Gasteiger charge is 2.01. The molecule has 2 rings (SSSR count). The first kappa shape index (κ1) is 12.4. The van der Waals surface area contributed by atoms with Crippen LogP contribution in [0.25, 0.3) is 0 Å². The van der Waals surface area contributed by atoms with E-state index in [0.717, 1.165) is 25.5 Å². The fourth-order valence-electron chi connectivity index (χ4n) is 1.96. The van der Waals surface area contributed by atoms with Crippen LogP contribution in [-0.4, -0.2) is 16.1 Å². The molecule has 0 aliphatic carbocycles. The Morgan fingerprint density at radius 3 is 3.00 bits per heavy atom. The Labute approximate surface area is 108 Å². The fourth-order valence-corrected chi connectivity index (χ4v) is 1.96. The predicted octanol–water partition coefficient (Wildman–Crippen LogP) is 3.03. The Morgan fingerprint density at radius 2 is 2.22 bits per heavy atom. The quantitative estimate of drug-likeness (QED) is 0.788. The van der Waals surface area contributed by atoms with Crippen molar-refractivity contribution in [1.29, 1.82) is 0 Å². The number of imidazole rings is 1. The summed E-state index contributed by atoms with van der Waals surface area (Å²) in [5.41, 5.74) is 2.72. The fraction of sp³-hybridized carbons (Fsp3) is 0.267. The number of anilines is 1. The minimum absolute atomic E-state index is 0.784. The van der Waals surface area contributed by atoms with Gasteiger partial charge < -0.3 is 9.88 Å². The van der Waals surface area contributed by atoms with E-state index >= 15 is 0 Å². The number of hydrogen-bond acceptors (Lipinski definition) is 2. The molecule has 0 saturated heterocycles. The number of allylic oxidation sites excluding steroid dienone is 1. The van der Waals surface area contributed by atoms with Crippen molar-refractivity contribution in [2.45, 2.75) is 19.9 Å². The molecular weight excluding hydrogens is 222 g/mol. The van der Waals surface area contributed by atoms with Crippen LogP contribution in [0, 0.1) is 6.92 Å². The lowest BCUT2D eigenvalue weighted by Gasteiger charge is -2.09. The lowest BCUT2D eigenvalue weighted by atomic mass is 10.1. The molecule has 0 aliphatic rings. The molecule has 1 aromatic carbocycles. The summed E-state index contributed by atoms with van der Waals surface area (Å²) < 4.78 is 2.05. The van der Waals surface area contributed by atoms with Crippen molar-refractivity contribution in [3.63, 3.8) is 0 Å². The standard InChI is InChI=1S/C15H19N3/c1-3-11-18-12-10-17-15(18)16-9-8-14-7-5-4-6-13(14)2/h3-7,10,12H,1,8-9,11H2,2H3,(H,16,17). The van der Waals surface area contributed by atoms with Crippen LogP contribution in [0.2, 0.25) is 0 Å². The highest BCUT2D eigenvalue weighted by Crippen LogP contribution is 2.09. The van der Waals surface area contributed by atoms with E-state index in [-0.39, 0.29) is 0 Å². The van der Waals surface area contributed by atoms with Crippen LogP contribution in [-0.2, 0) is 13.0 Å². The van der Waals surface area contributed by atoms with E-state index in [0.29, 0.717) is 0 Å². The summed E-state index contributed by atoms with van der Waals surface area (Å²) in [5.74, 6) is 0.906. The van der Waals surface area contributed by atoms with Crippen LogP contribution in [0.4, 0.5) is 5.95 Å². The number of aryl methyl sites for hydroxylation is 1. The molecule has 94 valence electrons. The van der Waals surface area contributed by atoms with Crippen LogP contribution < -0.4 is 5.32 Å². The van der Waals surface area contributed by atoms with Gasteiger partial charge >= 0.3 is 0 Å². The lowest BCUT2D eigenvalue weighted by Crippen LogP contribution is -2.10. The van der Waals surface area contributed by atoms with Gasteiger partial charge in [0.15, 0.2) is 0 Å². The first-order valence-electron chi connectivity index (χ1n) is 6.21. The zero-order chi connectivity index (χ0) is 12.8. The summed E-state index contributed by atoms with van der Waals surface area (Å²) in [6.45, 7) is 7.56. The monoisotopic (exact) mass is 241 g/mol. The highest BCUT2D eigenvalue weighted by molar-refractivity contribution is 5.29. The smallest absolute Gasteiger partial charge is 0.203 e. The van der Waals surface area contributed by atoms with Crippen LogP contribution in [0.15, 0.2) is 49.3 Å². The molecule has 0 atom stereocenters. The summed E-state index contributed by atoms with van der Waals surface area (Å²) in [6.07, 6.45) is 6.64. The third-order valence-corrected chi connectivity index (χ3v) is 2.98. The van der Waals surface area contributed by atoms with Gasteiger partial charge in [0.05, 0.1) is 0 Å². The maximum absolute atomic E-state index is 4.29. The van der Waals surface area contributed by atoms with Crippen LogP contribution in [0.1, 0.15) is 11.1 Å². The number of nitrogens with one attached hydrogen (secondary N) is 1. The van der Waals surface area contributed by atoms with Crippen molar-refractivity contribution in [1.82, 2.24) is 9.55 Å². The largest absolute Gasteiger partial charge is 0.355 e. The Bertz CT molecular complexity index is 514. The number of aromatic nitrogens is 2. The molecule has 0 saturated carbocycles. The van der Waals surface area contributed by atoms with Crippen molar-refractivity contribution in [3.05, 3.63) is 60.4 Å². The molecule has 0 bridgehead atoms. The molecule has 2 aromatic rings. The van der Waals surface area contributed by atoms with E-state index in [2.05, 4.69) is 48.1 Å². The van der Waals surface area contributed by atoms with Gasteiger partial charge in [-0.05, 0) is 24.5 Å². The molecule has 0 spiro atoms. The normalized spacial score (nSPS) is 10.3. The second-order valence-corrected chi connectivity index (χ2v) is 4.30. The van der Waals surface area contributed by atoms with Gasteiger partial charge in [0, 0.05) is 25.5 Å². The summed E-state index contributed by atoms with van der Waals surface area (Å²) in [4.78, 5) is 4.29. The molecule has 3 heteroatoms. The Kier molecular flexibility index (Phi) is 4.18. The Balaban J connectivity index is 1.90. The molecule has 18 heavy (non-hydrogen) atoms. The summed E-state index contributed by atoms with van der Waals surface area (Å²) in [6, 6.07) is 8.48. The average molecular weight is 241 g/mol. The van der Waals surface area contributed by atoms with Gasteiger partial charge in [-0.3, -0.25) is 0 Å². The summed E-state index contributed by atoms with van der Waals surface area (Å²) in [5, 5.41) is 3.36. The topological polar surface area (TPSA) is 29.9 Å². The van der Waals surface area contributed by atoms with E-state index in [1.807, 2.05) is 16.8 Å². The maximum Gasteiger partial charge on any atom is 0.203 e. The van der Waals surface area contributed by atoms with Gasteiger partial charge in [-0.1, -0.05) is 30.3 Å². The van der Waals surface area contributed by atoms with E-state index in [1.165, 1.54) is 11.1 Å². The number of hydrogen-bond donors (Lipinski definition) is 1. The first-order chi connectivity index (χ1) is 8.81. The molecule has 0 amide bonds. The van der Waals surface area contributed by atoms with Gasteiger partial charge in [-0.25, -0.2) is 4.98 Å². The van der Waals surface area contributed by atoms with Gasteiger partial charge in [-0.15, -0.1) is 6.58 Å². The molecule has 1 aromatic heterocycles. The second-order valence-electron chi connectivity index (χ2n) is 4.30. The summed E-state index contributed by atoms with van der Waals surface area (Å²) in [7, 11) is 0. The van der Waals surface area contributed by atoms with E-state index < -0.39 is 0 Å². The SMILES string of the molecule is C=CCn1ccnc1NCCc1ccccc1C. The maximum atomic E-state index is 4.29. The third kappa shape index (κ3) is 3.00. The van der Waals surface area contributed by atoms with Gasteiger partial charge in [-0.2, -0.15) is 0 Å². The molecular formula is C15H19N3. The minimum Gasteiger partial charge on any atom is -0.355 e. The van der Waals surface area contributed by atoms with E-state index in [1.54, 1.807) is 6.20 Å². The molecule has 1 heterocycles. The third-order valence-electron chi connectivity index (χ3n) is 2.98. The highest BCUT2D eigenvalue weighted by atomic mass is 15.2. The lowest BCUT2D eigenvalue weighted by molar-refractivity contribution is 0.816. The van der Waals surface area contributed by atoms with Crippen molar-refractivity contribution in [3.8, 4) is 0 Å².